The van der Waals surface area contributed by atoms with Crippen LogP contribution in [0.5, 0.6) is 11.5 Å². The molecule has 0 saturated carbocycles. The van der Waals surface area contributed by atoms with Gasteiger partial charge in [0.15, 0.2) is 6.10 Å². The van der Waals surface area contributed by atoms with Crippen molar-refractivity contribution in [2.24, 2.45) is 5.73 Å². The Morgan fingerprint density at radius 2 is 1.79 bits per heavy atom. The SMILES string of the molecule is CC(C)Oc1ccc(C(=O)NC(Cc2ccc(OC3CCN(c4ccccc4)C3=O)cc2)C(N)=O)cc1Cl. The Morgan fingerprint density at radius 1 is 1.08 bits per heavy atom. The van der Waals surface area contributed by atoms with Crippen molar-refractivity contribution < 1.29 is 23.9 Å². The molecule has 2 unspecified atom stereocenters. The summed E-state index contributed by atoms with van der Waals surface area (Å²) in [6, 6.07) is 20.3. The molecule has 1 heterocycles. The van der Waals surface area contributed by atoms with Crippen LogP contribution in [0.2, 0.25) is 5.02 Å². The summed E-state index contributed by atoms with van der Waals surface area (Å²) < 4.78 is 11.5. The number of amides is 3. The smallest absolute Gasteiger partial charge is 0.268 e. The third-order valence-corrected chi connectivity index (χ3v) is 6.37. The molecule has 3 amide bonds. The predicted molar refractivity (Wildman–Crippen MR) is 146 cm³/mol. The average Bonchev–Trinajstić information content (AvgIpc) is 3.25. The number of primary amides is 1. The monoisotopic (exact) mass is 535 g/mol. The maximum absolute atomic E-state index is 12.8. The summed E-state index contributed by atoms with van der Waals surface area (Å²) in [6.07, 6.45) is 0.141. The van der Waals surface area contributed by atoms with E-state index in [1.165, 1.54) is 6.07 Å². The molecule has 9 heteroatoms. The number of carbonyl (C=O) groups is 3. The molecule has 0 bridgehead atoms. The van der Waals surface area contributed by atoms with Gasteiger partial charge in [-0.15, -0.1) is 0 Å². The highest BCUT2D eigenvalue weighted by Gasteiger charge is 2.34. The Balaban J connectivity index is 1.35. The number of hydrogen-bond donors (Lipinski definition) is 2. The van der Waals surface area contributed by atoms with Gasteiger partial charge in [0.2, 0.25) is 5.91 Å². The molecule has 38 heavy (non-hydrogen) atoms. The fourth-order valence-corrected chi connectivity index (χ4v) is 4.41. The Kier molecular flexibility index (Phi) is 8.53. The zero-order valence-electron chi connectivity index (χ0n) is 21.2. The first-order chi connectivity index (χ1) is 18.2. The molecule has 4 rings (SSSR count). The van der Waals surface area contributed by atoms with Gasteiger partial charge < -0.3 is 25.4 Å². The Hall–Kier alpha value is -4.04. The van der Waals surface area contributed by atoms with Crippen LogP contribution in [-0.4, -0.2) is 42.5 Å². The second-order valence-corrected chi connectivity index (χ2v) is 9.72. The van der Waals surface area contributed by atoms with Crippen LogP contribution in [0, 0.1) is 0 Å². The first kappa shape index (κ1) is 27.0. The Labute approximate surface area is 226 Å². The number of para-hydroxylation sites is 1. The van der Waals surface area contributed by atoms with Gasteiger partial charge in [0.05, 0.1) is 11.1 Å². The highest BCUT2D eigenvalue weighted by Crippen LogP contribution is 2.27. The first-order valence-corrected chi connectivity index (χ1v) is 12.8. The van der Waals surface area contributed by atoms with Gasteiger partial charge in [0, 0.05) is 30.6 Å². The summed E-state index contributed by atoms with van der Waals surface area (Å²) in [5.74, 6) is -0.212. The van der Waals surface area contributed by atoms with E-state index in [1.807, 2.05) is 44.2 Å². The minimum Gasteiger partial charge on any atom is -0.489 e. The molecular formula is C29H30ClN3O5. The van der Waals surface area contributed by atoms with E-state index < -0.39 is 24.0 Å². The highest BCUT2D eigenvalue weighted by atomic mass is 35.5. The second kappa shape index (κ2) is 12.0. The quantitative estimate of drug-likeness (QED) is 0.405. The van der Waals surface area contributed by atoms with Crippen molar-refractivity contribution in [3.63, 3.8) is 0 Å². The van der Waals surface area contributed by atoms with Crippen molar-refractivity contribution in [1.82, 2.24) is 5.32 Å². The molecule has 1 aliphatic heterocycles. The molecule has 1 fully saturated rings. The van der Waals surface area contributed by atoms with E-state index >= 15 is 0 Å². The molecule has 2 atom stereocenters. The number of anilines is 1. The summed E-state index contributed by atoms with van der Waals surface area (Å²) in [6.45, 7) is 4.34. The van der Waals surface area contributed by atoms with Crippen molar-refractivity contribution in [3.05, 3.63) is 88.9 Å². The fraction of sp³-hybridized carbons (Fsp3) is 0.276. The summed E-state index contributed by atoms with van der Waals surface area (Å²) >= 11 is 6.24. The van der Waals surface area contributed by atoms with Crippen LogP contribution < -0.4 is 25.4 Å². The van der Waals surface area contributed by atoms with Crippen LogP contribution in [0.25, 0.3) is 0 Å². The number of nitrogens with two attached hydrogens (primary N) is 1. The number of hydrogen-bond acceptors (Lipinski definition) is 5. The molecule has 0 radical (unpaired) electrons. The molecule has 3 aromatic carbocycles. The number of rotatable bonds is 10. The van der Waals surface area contributed by atoms with Gasteiger partial charge in [0.1, 0.15) is 17.5 Å². The van der Waals surface area contributed by atoms with Gasteiger partial charge in [0.25, 0.3) is 11.8 Å². The summed E-state index contributed by atoms with van der Waals surface area (Å²) in [5, 5.41) is 2.97. The molecule has 3 N–H and O–H groups in total. The lowest BCUT2D eigenvalue weighted by atomic mass is 10.0. The van der Waals surface area contributed by atoms with Crippen LogP contribution in [-0.2, 0) is 16.0 Å². The highest BCUT2D eigenvalue weighted by molar-refractivity contribution is 6.32. The Bertz CT molecular complexity index is 1300. The molecule has 3 aromatic rings. The molecular weight excluding hydrogens is 506 g/mol. The van der Waals surface area contributed by atoms with Crippen molar-refractivity contribution in [1.29, 1.82) is 0 Å². The topological polar surface area (TPSA) is 111 Å². The molecule has 1 saturated heterocycles. The largest absolute Gasteiger partial charge is 0.489 e. The van der Waals surface area contributed by atoms with Gasteiger partial charge in [-0.05, 0) is 61.9 Å². The van der Waals surface area contributed by atoms with Gasteiger partial charge in [-0.25, -0.2) is 0 Å². The third kappa shape index (κ3) is 6.63. The number of nitrogens with one attached hydrogen (secondary N) is 1. The number of ether oxygens (including phenoxy) is 2. The minimum atomic E-state index is -0.935. The van der Waals surface area contributed by atoms with E-state index in [0.717, 1.165) is 11.3 Å². The number of carbonyl (C=O) groups excluding carboxylic acids is 3. The first-order valence-electron chi connectivity index (χ1n) is 12.4. The van der Waals surface area contributed by atoms with Gasteiger partial charge >= 0.3 is 0 Å². The van der Waals surface area contributed by atoms with E-state index in [1.54, 1.807) is 41.3 Å². The predicted octanol–water partition coefficient (Wildman–Crippen LogP) is 4.14. The van der Waals surface area contributed by atoms with E-state index in [0.29, 0.717) is 29.5 Å². The third-order valence-electron chi connectivity index (χ3n) is 6.07. The van der Waals surface area contributed by atoms with Crippen LogP contribution >= 0.6 is 11.6 Å². The van der Waals surface area contributed by atoms with Crippen LogP contribution in [0.4, 0.5) is 5.69 Å². The van der Waals surface area contributed by atoms with E-state index in [2.05, 4.69) is 5.32 Å². The lowest BCUT2D eigenvalue weighted by Crippen LogP contribution is -2.45. The normalized spacial score (nSPS) is 15.8. The average molecular weight is 536 g/mol. The summed E-state index contributed by atoms with van der Waals surface area (Å²) in [4.78, 5) is 39.4. The van der Waals surface area contributed by atoms with E-state index in [4.69, 9.17) is 26.8 Å². The number of nitrogens with zero attached hydrogens (tertiary/aromatic N) is 1. The maximum atomic E-state index is 12.8. The lowest BCUT2D eigenvalue weighted by molar-refractivity contribution is -0.123. The van der Waals surface area contributed by atoms with Crippen molar-refractivity contribution >= 4 is 35.0 Å². The zero-order valence-corrected chi connectivity index (χ0v) is 22.0. The maximum Gasteiger partial charge on any atom is 0.268 e. The van der Waals surface area contributed by atoms with Crippen molar-refractivity contribution in [3.8, 4) is 11.5 Å². The van der Waals surface area contributed by atoms with Crippen molar-refractivity contribution in [2.45, 2.75) is 44.9 Å². The second-order valence-electron chi connectivity index (χ2n) is 9.31. The van der Waals surface area contributed by atoms with Crippen molar-refractivity contribution in [2.75, 3.05) is 11.4 Å². The molecule has 198 valence electrons. The van der Waals surface area contributed by atoms with E-state index in [-0.39, 0.29) is 24.0 Å². The van der Waals surface area contributed by atoms with Gasteiger partial charge in [-0.2, -0.15) is 0 Å². The van der Waals surface area contributed by atoms with Crippen LogP contribution in [0.1, 0.15) is 36.2 Å². The van der Waals surface area contributed by atoms with Crippen LogP contribution in [0.15, 0.2) is 72.8 Å². The summed E-state index contributed by atoms with van der Waals surface area (Å²) in [7, 11) is 0. The van der Waals surface area contributed by atoms with Gasteiger partial charge in [-0.1, -0.05) is 41.9 Å². The van der Waals surface area contributed by atoms with E-state index in [9.17, 15) is 14.4 Å². The molecule has 0 spiro atoms. The standard InChI is InChI=1S/C29H30ClN3O5/c1-18(2)37-25-13-10-20(17-23(25)30)28(35)32-24(27(31)34)16-19-8-11-22(12-9-19)38-26-14-15-33(29(26)36)21-6-4-3-5-7-21/h3-13,17-18,24,26H,14-16H2,1-2H3,(H2,31,34)(H,32,35). The number of halogens is 1. The van der Waals surface area contributed by atoms with Gasteiger partial charge in [-0.3, -0.25) is 14.4 Å². The molecule has 0 aromatic heterocycles. The fourth-order valence-electron chi connectivity index (χ4n) is 4.19. The molecule has 0 aliphatic carbocycles. The summed E-state index contributed by atoms with van der Waals surface area (Å²) in [5.41, 5.74) is 7.47. The minimum absolute atomic E-state index is 0.0640. The Morgan fingerprint density at radius 3 is 2.42 bits per heavy atom. The molecule has 1 aliphatic rings. The van der Waals surface area contributed by atoms with Crippen LogP contribution in [0.3, 0.4) is 0 Å². The zero-order chi connectivity index (χ0) is 27.2. The molecule has 8 nitrogen and oxygen atoms in total. The lowest BCUT2D eigenvalue weighted by Gasteiger charge is -2.18. The number of benzene rings is 3.